The van der Waals surface area contributed by atoms with Crippen molar-refractivity contribution < 1.29 is 27.4 Å². The molecule has 0 heterocycles. The number of aryl methyl sites for hydroxylation is 1. The van der Waals surface area contributed by atoms with Crippen molar-refractivity contribution in [3.63, 3.8) is 0 Å². The van der Waals surface area contributed by atoms with E-state index in [1.165, 1.54) is 7.11 Å². The summed E-state index contributed by atoms with van der Waals surface area (Å²) in [7, 11) is 1.47. The summed E-state index contributed by atoms with van der Waals surface area (Å²) in [4.78, 5) is 11.2. The van der Waals surface area contributed by atoms with E-state index in [1.54, 1.807) is 19.1 Å². The third-order valence-electron chi connectivity index (χ3n) is 2.41. The van der Waals surface area contributed by atoms with Crippen LogP contribution in [0.4, 0.5) is 23.7 Å². The normalized spacial score (nSPS) is 11.1. The van der Waals surface area contributed by atoms with Crippen LogP contribution in [-0.2, 0) is 4.74 Å². The highest BCUT2D eigenvalue weighted by Gasteiger charge is 2.29. The summed E-state index contributed by atoms with van der Waals surface area (Å²) in [5.41, 5.74) is 1.82. The Morgan fingerprint density at radius 1 is 1.32 bits per heavy atom. The second kappa shape index (κ2) is 5.81. The molecule has 106 valence electrons. The zero-order valence-corrected chi connectivity index (χ0v) is 10.7. The van der Waals surface area contributed by atoms with Gasteiger partial charge in [-0.3, -0.25) is 5.32 Å². The van der Waals surface area contributed by atoms with Gasteiger partial charge in [0, 0.05) is 5.56 Å². The molecule has 0 aliphatic heterocycles. The van der Waals surface area contributed by atoms with Crippen LogP contribution in [-0.4, -0.2) is 26.0 Å². The molecule has 0 aromatic heterocycles. The van der Waals surface area contributed by atoms with Crippen molar-refractivity contribution in [1.29, 1.82) is 0 Å². The highest BCUT2D eigenvalue weighted by atomic mass is 19.4. The number of alkyl halides is 3. The zero-order chi connectivity index (χ0) is 14.6. The fraction of sp³-hybridized carbons (Fsp3) is 0.417. The molecule has 0 atom stereocenters. The van der Waals surface area contributed by atoms with E-state index in [2.05, 4.69) is 10.1 Å². The van der Waals surface area contributed by atoms with Crippen LogP contribution in [0.2, 0.25) is 0 Å². The Kier molecular flexibility index (Phi) is 4.63. The monoisotopic (exact) mass is 277 g/mol. The highest BCUT2D eigenvalue weighted by Crippen LogP contribution is 2.29. The molecule has 1 aromatic rings. The van der Waals surface area contributed by atoms with Gasteiger partial charge in [0.15, 0.2) is 6.61 Å². The molecule has 1 amide bonds. The van der Waals surface area contributed by atoms with Crippen LogP contribution in [0.1, 0.15) is 11.1 Å². The molecule has 7 heteroatoms. The van der Waals surface area contributed by atoms with Gasteiger partial charge in [-0.1, -0.05) is 6.07 Å². The van der Waals surface area contributed by atoms with Crippen LogP contribution in [0.25, 0.3) is 0 Å². The predicted molar refractivity (Wildman–Crippen MR) is 63.5 cm³/mol. The van der Waals surface area contributed by atoms with E-state index in [9.17, 15) is 18.0 Å². The van der Waals surface area contributed by atoms with Gasteiger partial charge in [-0.05, 0) is 25.5 Å². The summed E-state index contributed by atoms with van der Waals surface area (Å²) in [6.07, 6.45) is -5.71. The van der Waals surface area contributed by atoms with Gasteiger partial charge in [0.05, 0.1) is 12.8 Å². The van der Waals surface area contributed by atoms with Crippen LogP contribution in [0, 0.1) is 13.8 Å². The molecular weight excluding hydrogens is 263 g/mol. The van der Waals surface area contributed by atoms with E-state index < -0.39 is 18.9 Å². The molecule has 0 radical (unpaired) electrons. The van der Waals surface area contributed by atoms with Gasteiger partial charge in [-0.15, -0.1) is 0 Å². The number of rotatable bonds is 3. The summed E-state index contributed by atoms with van der Waals surface area (Å²) in [6, 6.07) is 3.26. The average molecular weight is 277 g/mol. The Morgan fingerprint density at radius 2 is 1.95 bits per heavy atom. The van der Waals surface area contributed by atoms with Crippen LogP contribution in [0.5, 0.6) is 5.75 Å². The Bertz CT molecular complexity index is 472. The van der Waals surface area contributed by atoms with Crippen LogP contribution in [0.15, 0.2) is 12.1 Å². The SMILES string of the molecule is COc1c(C)ccc(NC(=O)OCC(F)(F)F)c1C. The fourth-order valence-corrected chi connectivity index (χ4v) is 1.57. The molecule has 1 N–H and O–H groups in total. The summed E-state index contributed by atoms with van der Waals surface area (Å²) >= 11 is 0. The lowest BCUT2D eigenvalue weighted by Gasteiger charge is -2.14. The van der Waals surface area contributed by atoms with Crippen molar-refractivity contribution in [2.75, 3.05) is 19.0 Å². The lowest BCUT2D eigenvalue weighted by atomic mass is 10.1. The number of nitrogens with one attached hydrogen (secondary N) is 1. The zero-order valence-electron chi connectivity index (χ0n) is 10.7. The standard InChI is InChI=1S/C12H14F3NO3/c1-7-4-5-9(8(2)10(7)18-3)16-11(17)19-6-12(13,14)15/h4-5H,6H2,1-3H3,(H,16,17). The molecular formula is C12H14F3NO3. The average Bonchev–Trinajstić information content (AvgIpc) is 2.30. The van der Waals surface area contributed by atoms with Crippen LogP contribution in [0.3, 0.4) is 0 Å². The molecule has 19 heavy (non-hydrogen) atoms. The van der Waals surface area contributed by atoms with Crippen molar-refractivity contribution in [1.82, 2.24) is 0 Å². The Labute approximate surface area is 108 Å². The lowest BCUT2D eigenvalue weighted by molar-refractivity contribution is -0.159. The molecule has 0 unspecified atom stereocenters. The number of hydrogen-bond donors (Lipinski definition) is 1. The second-order valence-electron chi connectivity index (χ2n) is 3.90. The van der Waals surface area contributed by atoms with Gasteiger partial charge in [-0.2, -0.15) is 13.2 Å². The van der Waals surface area contributed by atoms with Gasteiger partial charge < -0.3 is 9.47 Å². The van der Waals surface area contributed by atoms with E-state index in [1.807, 2.05) is 6.92 Å². The number of halogens is 3. The van der Waals surface area contributed by atoms with Crippen LogP contribution >= 0.6 is 0 Å². The first-order valence-corrected chi connectivity index (χ1v) is 5.39. The lowest BCUT2D eigenvalue weighted by Crippen LogP contribution is -2.23. The Hall–Kier alpha value is -1.92. The fourth-order valence-electron chi connectivity index (χ4n) is 1.57. The van der Waals surface area contributed by atoms with Crippen LogP contribution < -0.4 is 10.1 Å². The van der Waals surface area contributed by atoms with Gasteiger partial charge in [0.25, 0.3) is 0 Å². The molecule has 4 nitrogen and oxygen atoms in total. The maximum atomic E-state index is 11.9. The van der Waals surface area contributed by atoms with Crippen molar-refractivity contribution in [2.24, 2.45) is 0 Å². The number of ether oxygens (including phenoxy) is 2. The number of amides is 1. The maximum absolute atomic E-state index is 11.9. The molecule has 1 aromatic carbocycles. The molecule has 0 bridgehead atoms. The second-order valence-corrected chi connectivity index (χ2v) is 3.90. The summed E-state index contributed by atoms with van der Waals surface area (Å²) in [5, 5.41) is 2.24. The molecule has 1 rings (SSSR count). The first-order chi connectivity index (χ1) is 8.74. The third-order valence-corrected chi connectivity index (χ3v) is 2.41. The summed E-state index contributed by atoms with van der Waals surface area (Å²) < 4.78 is 44.8. The Morgan fingerprint density at radius 3 is 2.47 bits per heavy atom. The molecule has 0 saturated carbocycles. The number of anilines is 1. The van der Waals surface area contributed by atoms with Crippen molar-refractivity contribution in [3.8, 4) is 5.75 Å². The van der Waals surface area contributed by atoms with E-state index in [0.717, 1.165) is 5.56 Å². The number of methoxy groups -OCH3 is 1. The van der Waals surface area contributed by atoms with Crippen molar-refractivity contribution in [3.05, 3.63) is 23.3 Å². The number of carbonyl (C=O) groups is 1. The number of benzene rings is 1. The van der Waals surface area contributed by atoms with E-state index in [0.29, 0.717) is 17.0 Å². The third kappa shape index (κ3) is 4.35. The van der Waals surface area contributed by atoms with E-state index >= 15 is 0 Å². The summed E-state index contributed by atoms with van der Waals surface area (Å²) in [6.45, 7) is 1.88. The minimum absolute atomic E-state index is 0.342. The molecule has 0 aliphatic rings. The largest absolute Gasteiger partial charge is 0.496 e. The van der Waals surface area contributed by atoms with E-state index in [4.69, 9.17) is 4.74 Å². The first-order valence-electron chi connectivity index (χ1n) is 5.39. The molecule has 0 aliphatic carbocycles. The van der Waals surface area contributed by atoms with Gasteiger partial charge >= 0.3 is 12.3 Å². The van der Waals surface area contributed by atoms with E-state index in [-0.39, 0.29) is 0 Å². The predicted octanol–water partition coefficient (Wildman–Crippen LogP) is 3.42. The van der Waals surface area contributed by atoms with Crippen molar-refractivity contribution in [2.45, 2.75) is 20.0 Å². The number of hydrogen-bond acceptors (Lipinski definition) is 3. The molecule has 0 saturated heterocycles. The van der Waals surface area contributed by atoms with Crippen molar-refractivity contribution >= 4 is 11.8 Å². The highest BCUT2D eigenvalue weighted by molar-refractivity contribution is 5.86. The quantitative estimate of drug-likeness (QED) is 0.920. The van der Waals surface area contributed by atoms with Gasteiger partial charge in [0.1, 0.15) is 5.75 Å². The summed E-state index contributed by atoms with van der Waals surface area (Å²) in [5.74, 6) is 0.564. The first kappa shape index (κ1) is 15.1. The minimum Gasteiger partial charge on any atom is -0.496 e. The maximum Gasteiger partial charge on any atom is 0.422 e. The van der Waals surface area contributed by atoms with Gasteiger partial charge in [0.2, 0.25) is 0 Å². The molecule has 0 spiro atoms. The molecule has 0 fully saturated rings. The van der Waals surface area contributed by atoms with Gasteiger partial charge in [-0.25, -0.2) is 4.79 Å². The Balaban J connectivity index is 2.75. The minimum atomic E-state index is -4.54. The smallest absolute Gasteiger partial charge is 0.422 e. The number of carbonyl (C=O) groups excluding carboxylic acids is 1. The topological polar surface area (TPSA) is 47.6 Å².